The van der Waals surface area contributed by atoms with Gasteiger partial charge in [0.25, 0.3) is 0 Å². The average Bonchev–Trinajstić information content (AvgIpc) is 2.74. The lowest BCUT2D eigenvalue weighted by molar-refractivity contribution is 0.318. The summed E-state index contributed by atoms with van der Waals surface area (Å²) in [6.07, 6.45) is 3.45. The average molecular weight is 360 g/mol. The Labute approximate surface area is 114 Å². The first-order chi connectivity index (χ1) is 8.13. The van der Waals surface area contributed by atoms with Crippen molar-refractivity contribution in [2.75, 3.05) is 0 Å². The minimum Gasteiger partial charge on any atom is -0.409 e. The summed E-state index contributed by atoms with van der Waals surface area (Å²) in [4.78, 5) is 0. The van der Waals surface area contributed by atoms with E-state index in [9.17, 15) is 0 Å². The van der Waals surface area contributed by atoms with Crippen molar-refractivity contribution in [3.8, 4) is 5.69 Å². The van der Waals surface area contributed by atoms with E-state index in [1.807, 2.05) is 18.2 Å². The number of hydrogen-bond acceptors (Lipinski definition) is 3. The molecule has 0 aliphatic rings. The number of oxime groups is 1. The van der Waals surface area contributed by atoms with Crippen LogP contribution in [0.3, 0.4) is 0 Å². The van der Waals surface area contributed by atoms with E-state index in [-0.39, 0.29) is 5.84 Å². The second-order valence-corrected chi connectivity index (χ2v) is 4.99. The van der Waals surface area contributed by atoms with Crippen LogP contribution in [0.2, 0.25) is 0 Å². The number of rotatable bonds is 2. The number of nitrogens with two attached hydrogens (primary N) is 1. The lowest BCUT2D eigenvalue weighted by atomic mass is 10.1. The zero-order valence-electron chi connectivity index (χ0n) is 8.51. The molecular weight excluding hydrogens is 352 g/mol. The number of halogens is 2. The quantitative estimate of drug-likeness (QED) is 0.374. The van der Waals surface area contributed by atoms with Crippen LogP contribution in [0, 0.1) is 0 Å². The van der Waals surface area contributed by atoms with Crippen LogP contribution in [0.15, 0.2) is 44.7 Å². The van der Waals surface area contributed by atoms with E-state index in [1.165, 1.54) is 0 Å². The van der Waals surface area contributed by atoms with Gasteiger partial charge in [-0.2, -0.15) is 5.10 Å². The van der Waals surface area contributed by atoms with Gasteiger partial charge in [-0.3, -0.25) is 0 Å². The highest BCUT2D eigenvalue weighted by Crippen LogP contribution is 2.24. The zero-order valence-corrected chi connectivity index (χ0v) is 11.7. The Morgan fingerprint density at radius 1 is 1.41 bits per heavy atom. The second-order valence-electron chi connectivity index (χ2n) is 3.22. The molecule has 0 spiro atoms. The molecule has 2 aromatic rings. The van der Waals surface area contributed by atoms with Crippen molar-refractivity contribution in [3.05, 3.63) is 45.1 Å². The van der Waals surface area contributed by atoms with Crippen molar-refractivity contribution in [2.24, 2.45) is 10.9 Å². The fourth-order valence-corrected chi connectivity index (χ4v) is 2.28. The van der Waals surface area contributed by atoms with Crippen molar-refractivity contribution < 1.29 is 5.21 Å². The predicted molar refractivity (Wildman–Crippen MR) is 71.5 cm³/mol. The first kappa shape index (κ1) is 12.1. The Hall–Kier alpha value is -1.34. The molecule has 17 heavy (non-hydrogen) atoms. The molecule has 0 aliphatic carbocycles. The van der Waals surface area contributed by atoms with E-state index in [4.69, 9.17) is 10.9 Å². The maximum atomic E-state index is 8.79. The maximum absolute atomic E-state index is 8.79. The Kier molecular flexibility index (Phi) is 3.49. The molecule has 0 radical (unpaired) electrons. The molecule has 0 fully saturated rings. The standard InChI is InChI=1S/C10H8Br2N4O/c11-6-4-14-16(5-6)8-3-1-2-7(12)9(8)10(13)15-17/h1-5,17H,(H2,13,15). The van der Waals surface area contributed by atoms with E-state index in [0.717, 1.165) is 14.6 Å². The van der Waals surface area contributed by atoms with Gasteiger partial charge in [0.2, 0.25) is 0 Å². The third-order valence-corrected chi connectivity index (χ3v) is 3.22. The third-order valence-electron chi connectivity index (χ3n) is 2.15. The lowest BCUT2D eigenvalue weighted by Gasteiger charge is -2.09. The van der Waals surface area contributed by atoms with Crippen LogP contribution in [-0.4, -0.2) is 20.8 Å². The Morgan fingerprint density at radius 3 is 2.76 bits per heavy atom. The van der Waals surface area contributed by atoms with Gasteiger partial charge in [-0.1, -0.05) is 11.2 Å². The van der Waals surface area contributed by atoms with E-state index in [1.54, 1.807) is 17.1 Å². The monoisotopic (exact) mass is 358 g/mol. The summed E-state index contributed by atoms with van der Waals surface area (Å²) in [6, 6.07) is 5.50. The van der Waals surface area contributed by atoms with Crippen LogP contribution in [0.5, 0.6) is 0 Å². The van der Waals surface area contributed by atoms with Gasteiger partial charge in [0.05, 0.1) is 21.9 Å². The number of nitrogens with zero attached hydrogens (tertiary/aromatic N) is 3. The first-order valence-electron chi connectivity index (χ1n) is 4.60. The summed E-state index contributed by atoms with van der Waals surface area (Å²) in [6.45, 7) is 0. The van der Waals surface area contributed by atoms with Crippen LogP contribution >= 0.6 is 31.9 Å². The Morgan fingerprint density at radius 2 is 2.18 bits per heavy atom. The number of benzene rings is 1. The third kappa shape index (κ3) is 2.34. The first-order valence-corrected chi connectivity index (χ1v) is 6.19. The maximum Gasteiger partial charge on any atom is 0.173 e. The molecule has 0 unspecified atom stereocenters. The van der Waals surface area contributed by atoms with Gasteiger partial charge in [0, 0.05) is 10.7 Å². The Balaban J connectivity index is 2.66. The summed E-state index contributed by atoms with van der Waals surface area (Å²) in [7, 11) is 0. The summed E-state index contributed by atoms with van der Waals surface area (Å²) < 4.78 is 3.22. The predicted octanol–water partition coefficient (Wildman–Crippen LogP) is 2.49. The summed E-state index contributed by atoms with van der Waals surface area (Å²) in [5.41, 5.74) is 6.97. The normalized spacial score (nSPS) is 11.8. The molecular formula is C10H8Br2N4O. The molecule has 0 saturated heterocycles. The van der Waals surface area contributed by atoms with Crippen LogP contribution in [0.4, 0.5) is 0 Å². The van der Waals surface area contributed by atoms with Gasteiger partial charge >= 0.3 is 0 Å². The largest absolute Gasteiger partial charge is 0.409 e. The smallest absolute Gasteiger partial charge is 0.173 e. The number of amidine groups is 1. The number of hydrogen-bond donors (Lipinski definition) is 2. The molecule has 1 aromatic heterocycles. The zero-order chi connectivity index (χ0) is 12.4. The van der Waals surface area contributed by atoms with Gasteiger partial charge in [-0.25, -0.2) is 4.68 Å². The van der Waals surface area contributed by atoms with E-state index >= 15 is 0 Å². The molecule has 5 nitrogen and oxygen atoms in total. The SMILES string of the molecule is N/C(=N/O)c1c(Br)cccc1-n1cc(Br)cn1. The molecule has 0 atom stereocenters. The summed E-state index contributed by atoms with van der Waals surface area (Å²) >= 11 is 6.69. The molecule has 2 rings (SSSR count). The fourth-order valence-electron chi connectivity index (χ4n) is 1.44. The Bertz CT molecular complexity index is 579. The van der Waals surface area contributed by atoms with Crippen molar-refractivity contribution in [2.45, 2.75) is 0 Å². The van der Waals surface area contributed by atoms with Gasteiger partial charge in [-0.15, -0.1) is 0 Å². The highest BCUT2D eigenvalue weighted by molar-refractivity contribution is 9.10. The van der Waals surface area contributed by atoms with Gasteiger partial charge < -0.3 is 10.9 Å². The van der Waals surface area contributed by atoms with E-state index in [0.29, 0.717) is 5.56 Å². The number of aromatic nitrogens is 2. The summed E-state index contributed by atoms with van der Waals surface area (Å²) in [5, 5.41) is 16.0. The van der Waals surface area contributed by atoms with Crippen molar-refractivity contribution in [1.82, 2.24) is 9.78 Å². The van der Waals surface area contributed by atoms with Gasteiger partial charge in [-0.05, 0) is 44.0 Å². The van der Waals surface area contributed by atoms with Crippen LogP contribution in [0.1, 0.15) is 5.56 Å². The van der Waals surface area contributed by atoms with Crippen LogP contribution < -0.4 is 5.73 Å². The fraction of sp³-hybridized carbons (Fsp3) is 0. The summed E-state index contributed by atoms with van der Waals surface area (Å²) in [5.74, 6) is 0.0269. The molecule has 3 N–H and O–H groups in total. The van der Waals surface area contributed by atoms with E-state index in [2.05, 4.69) is 42.1 Å². The van der Waals surface area contributed by atoms with Crippen LogP contribution in [0.25, 0.3) is 5.69 Å². The molecule has 7 heteroatoms. The molecule has 1 heterocycles. The molecule has 0 aliphatic heterocycles. The van der Waals surface area contributed by atoms with Crippen molar-refractivity contribution in [3.63, 3.8) is 0 Å². The highest BCUT2D eigenvalue weighted by atomic mass is 79.9. The molecule has 88 valence electrons. The van der Waals surface area contributed by atoms with Crippen molar-refractivity contribution >= 4 is 37.7 Å². The topological polar surface area (TPSA) is 76.4 Å². The lowest BCUT2D eigenvalue weighted by Crippen LogP contribution is -2.17. The molecule has 1 aromatic carbocycles. The molecule has 0 bridgehead atoms. The van der Waals surface area contributed by atoms with Gasteiger partial charge in [0.1, 0.15) is 0 Å². The van der Waals surface area contributed by atoms with Crippen LogP contribution in [-0.2, 0) is 0 Å². The molecule has 0 amide bonds. The van der Waals surface area contributed by atoms with E-state index < -0.39 is 0 Å². The second kappa shape index (κ2) is 4.89. The van der Waals surface area contributed by atoms with Gasteiger partial charge in [0.15, 0.2) is 5.84 Å². The van der Waals surface area contributed by atoms with Crippen molar-refractivity contribution in [1.29, 1.82) is 0 Å². The highest BCUT2D eigenvalue weighted by Gasteiger charge is 2.13. The minimum absolute atomic E-state index is 0.0269. The minimum atomic E-state index is 0.0269. The molecule has 0 saturated carbocycles.